The van der Waals surface area contributed by atoms with Crippen LogP contribution in [0.2, 0.25) is 0 Å². The Bertz CT molecular complexity index is 670. The average Bonchev–Trinajstić information content (AvgIpc) is 3.06. The molecule has 1 amide bonds. The van der Waals surface area contributed by atoms with Crippen molar-refractivity contribution in [2.75, 3.05) is 6.54 Å². The molecule has 25 heavy (non-hydrogen) atoms. The number of rotatable bonds is 8. The number of nitrogens with zero attached hydrogens (tertiary/aromatic N) is 1. The minimum absolute atomic E-state index is 0.0728. The van der Waals surface area contributed by atoms with Crippen molar-refractivity contribution in [3.63, 3.8) is 0 Å². The van der Waals surface area contributed by atoms with Gasteiger partial charge in [0.05, 0.1) is 4.90 Å². The van der Waals surface area contributed by atoms with Crippen LogP contribution < -0.4 is 5.32 Å². The number of carbonyl (C=O) groups is 1. The Kier molecular flexibility index (Phi) is 7.02. The summed E-state index contributed by atoms with van der Waals surface area (Å²) in [4.78, 5) is 12.9. The highest BCUT2D eigenvalue weighted by Gasteiger charge is 2.39. The molecule has 5 nitrogen and oxygen atoms in total. The van der Waals surface area contributed by atoms with Crippen molar-refractivity contribution in [3.05, 3.63) is 29.8 Å². The van der Waals surface area contributed by atoms with Crippen molar-refractivity contribution in [1.82, 2.24) is 9.62 Å². The van der Waals surface area contributed by atoms with Gasteiger partial charge in [-0.15, -0.1) is 0 Å². The molecule has 1 N–H and O–H groups in total. The maximum absolute atomic E-state index is 12.9. The largest absolute Gasteiger partial charge is 0.352 e. The summed E-state index contributed by atoms with van der Waals surface area (Å²) in [6, 6.07) is 6.28. The molecule has 6 heteroatoms. The van der Waals surface area contributed by atoms with Gasteiger partial charge in [-0.25, -0.2) is 8.42 Å². The summed E-state index contributed by atoms with van der Waals surface area (Å²) >= 11 is 0. The molecule has 0 radical (unpaired) electrons. The first-order chi connectivity index (χ1) is 11.9. The molecule has 0 aromatic heterocycles. The van der Waals surface area contributed by atoms with Crippen molar-refractivity contribution in [2.24, 2.45) is 0 Å². The highest BCUT2D eigenvalue weighted by atomic mass is 32.2. The second kappa shape index (κ2) is 8.81. The number of amides is 1. The summed E-state index contributed by atoms with van der Waals surface area (Å²) in [5, 5.41) is 3.00. The van der Waals surface area contributed by atoms with Gasteiger partial charge in [-0.05, 0) is 45.2 Å². The smallest absolute Gasteiger partial charge is 0.243 e. The summed E-state index contributed by atoms with van der Waals surface area (Å²) < 4.78 is 27.2. The van der Waals surface area contributed by atoms with E-state index in [1.54, 1.807) is 24.3 Å². The topological polar surface area (TPSA) is 66.5 Å². The molecule has 1 aromatic rings. The van der Waals surface area contributed by atoms with Crippen LogP contribution in [-0.4, -0.2) is 37.3 Å². The molecular formula is C19H30N2O3S. The van der Waals surface area contributed by atoms with Gasteiger partial charge >= 0.3 is 0 Å². The van der Waals surface area contributed by atoms with Crippen LogP contribution in [0.5, 0.6) is 0 Å². The predicted octanol–water partition coefficient (Wildman–Crippen LogP) is 3.23. The Morgan fingerprint density at radius 3 is 2.60 bits per heavy atom. The molecule has 140 valence electrons. The average molecular weight is 367 g/mol. The lowest BCUT2D eigenvalue weighted by Crippen LogP contribution is -2.48. The molecule has 1 aliphatic rings. The van der Waals surface area contributed by atoms with Gasteiger partial charge in [0.25, 0.3) is 0 Å². The van der Waals surface area contributed by atoms with Gasteiger partial charge in [0, 0.05) is 12.6 Å². The summed E-state index contributed by atoms with van der Waals surface area (Å²) in [6.45, 7) is 6.46. The van der Waals surface area contributed by atoms with Crippen molar-refractivity contribution in [1.29, 1.82) is 0 Å². The van der Waals surface area contributed by atoms with Crippen LogP contribution in [0, 0.1) is 6.92 Å². The molecule has 1 aromatic carbocycles. The Balaban J connectivity index is 2.06. The lowest BCUT2D eigenvalue weighted by Gasteiger charge is -2.25. The minimum Gasteiger partial charge on any atom is -0.352 e. The number of benzene rings is 1. The molecule has 0 bridgehead atoms. The number of unbranched alkanes of at least 4 members (excludes halogenated alkanes) is 2. The van der Waals surface area contributed by atoms with E-state index < -0.39 is 16.1 Å². The maximum Gasteiger partial charge on any atom is 0.243 e. The highest BCUT2D eigenvalue weighted by Crippen LogP contribution is 2.26. The fraction of sp³-hybridized carbons (Fsp3) is 0.632. The van der Waals surface area contributed by atoms with Crippen molar-refractivity contribution in [2.45, 2.75) is 76.3 Å². The summed E-state index contributed by atoms with van der Waals surface area (Å²) in [5.41, 5.74) is 1.01. The Labute approximate surface area is 151 Å². The predicted molar refractivity (Wildman–Crippen MR) is 99.8 cm³/mol. The minimum atomic E-state index is -3.63. The zero-order valence-electron chi connectivity index (χ0n) is 15.5. The molecule has 0 aliphatic carbocycles. The number of sulfonamides is 1. The first-order valence-electron chi connectivity index (χ1n) is 9.25. The van der Waals surface area contributed by atoms with E-state index >= 15 is 0 Å². The Morgan fingerprint density at radius 1 is 1.28 bits per heavy atom. The zero-order chi connectivity index (χ0) is 18.4. The van der Waals surface area contributed by atoms with Gasteiger partial charge in [-0.1, -0.05) is 43.9 Å². The van der Waals surface area contributed by atoms with E-state index in [2.05, 4.69) is 12.2 Å². The Hall–Kier alpha value is -1.40. The van der Waals surface area contributed by atoms with Crippen LogP contribution in [0.25, 0.3) is 0 Å². The molecule has 2 unspecified atom stereocenters. The van der Waals surface area contributed by atoms with Crippen LogP contribution >= 0.6 is 0 Å². The molecule has 2 atom stereocenters. The monoisotopic (exact) mass is 366 g/mol. The molecule has 1 fully saturated rings. The van der Waals surface area contributed by atoms with Crippen molar-refractivity contribution < 1.29 is 13.2 Å². The standard InChI is InChI=1S/C19H30N2O3S/c1-4-5-6-8-16(3)20-19(22)18-9-7-14-21(18)25(23,24)17-12-10-15(2)11-13-17/h10-13,16,18H,4-9,14H2,1-3H3,(H,20,22). The van der Waals surface area contributed by atoms with Gasteiger partial charge in [0.2, 0.25) is 15.9 Å². The van der Waals surface area contributed by atoms with E-state index in [4.69, 9.17) is 0 Å². The van der Waals surface area contributed by atoms with Gasteiger partial charge in [-0.2, -0.15) is 4.31 Å². The van der Waals surface area contributed by atoms with Gasteiger partial charge < -0.3 is 5.32 Å². The van der Waals surface area contributed by atoms with E-state index in [0.717, 1.165) is 31.2 Å². The number of carbonyl (C=O) groups excluding carboxylic acids is 1. The summed E-state index contributed by atoms with van der Waals surface area (Å²) in [5.74, 6) is -0.169. The highest BCUT2D eigenvalue weighted by molar-refractivity contribution is 7.89. The van der Waals surface area contributed by atoms with E-state index in [-0.39, 0.29) is 16.8 Å². The second-order valence-corrected chi connectivity index (χ2v) is 8.88. The zero-order valence-corrected chi connectivity index (χ0v) is 16.3. The van der Waals surface area contributed by atoms with E-state index in [9.17, 15) is 13.2 Å². The number of hydrogen-bond acceptors (Lipinski definition) is 3. The molecule has 1 aliphatic heterocycles. The quantitative estimate of drug-likeness (QED) is 0.718. The normalized spacial score (nSPS) is 19.7. The fourth-order valence-electron chi connectivity index (χ4n) is 3.25. The number of hydrogen-bond donors (Lipinski definition) is 1. The Morgan fingerprint density at radius 2 is 1.96 bits per heavy atom. The lowest BCUT2D eigenvalue weighted by molar-refractivity contribution is -0.124. The van der Waals surface area contributed by atoms with Crippen molar-refractivity contribution in [3.8, 4) is 0 Å². The number of nitrogens with one attached hydrogen (secondary N) is 1. The van der Waals surface area contributed by atoms with Crippen LogP contribution in [0.3, 0.4) is 0 Å². The third-order valence-corrected chi connectivity index (χ3v) is 6.69. The van der Waals surface area contributed by atoms with Crippen LogP contribution in [0.4, 0.5) is 0 Å². The fourth-order valence-corrected chi connectivity index (χ4v) is 4.90. The first kappa shape index (κ1) is 19.9. The SMILES string of the molecule is CCCCCC(C)NC(=O)C1CCCN1S(=O)(=O)c1ccc(C)cc1. The second-order valence-electron chi connectivity index (χ2n) is 6.99. The molecule has 2 rings (SSSR count). The van der Waals surface area contributed by atoms with Crippen molar-refractivity contribution >= 4 is 15.9 Å². The van der Waals surface area contributed by atoms with Crippen LogP contribution in [0.1, 0.15) is 57.9 Å². The molecule has 1 heterocycles. The number of aryl methyl sites for hydroxylation is 1. The van der Waals surface area contributed by atoms with Gasteiger partial charge in [0.1, 0.15) is 6.04 Å². The molecule has 0 saturated carbocycles. The lowest BCUT2D eigenvalue weighted by atomic mass is 10.1. The molecule has 0 spiro atoms. The van der Waals surface area contributed by atoms with Crippen LogP contribution in [-0.2, 0) is 14.8 Å². The summed E-state index contributed by atoms with van der Waals surface area (Å²) in [6.07, 6.45) is 5.60. The van der Waals surface area contributed by atoms with Crippen LogP contribution in [0.15, 0.2) is 29.2 Å². The first-order valence-corrected chi connectivity index (χ1v) is 10.7. The molecule has 1 saturated heterocycles. The third kappa shape index (κ3) is 5.05. The summed E-state index contributed by atoms with van der Waals surface area (Å²) in [7, 11) is -3.63. The maximum atomic E-state index is 12.9. The van der Waals surface area contributed by atoms with E-state index in [1.807, 2.05) is 13.8 Å². The van der Waals surface area contributed by atoms with E-state index in [0.29, 0.717) is 19.4 Å². The van der Waals surface area contributed by atoms with E-state index in [1.165, 1.54) is 4.31 Å². The third-order valence-electron chi connectivity index (χ3n) is 4.76. The molecular weight excluding hydrogens is 336 g/mol. The van der Waals surface area contributed by atoms with Gasteiger partial charge in [-0.3, -0.25) is 4.79 Å². The van der Waals surface area contributed by atoms with Gasteiger partial charge in [0.15, 0.2) is 0 Å².